The molecule has 0 aliphatic heterocycles. The van der Waals surface area contributed by atoms with Crippen molar-refractivity contribution in [3.63, 3.8) is 0 Å². The minimum Gasteiger partial charge on any atom is -0.460 e. The van der Waals surface area contributed by atoms with E-state index in [1.807, 2.05) is 0 Å². The highest BCUT2D eigenvalue weighted by molar-refractivity contribution is 5.81. The molecule has 0 aromatic heterocycles. The molecule has 0 spiro atoms. The van der Waals surface area contributed by atoms with Crippen LogP contribution in [0.5, 0.6) is 0 Å². The molecule has 0 aromatic rings. The van der Waals surface area contributed by atoms with Gasteiger partial charge in [0.25, 0.3) is 0 Å². The number of hydrogen-bond acceptors (Lipinski definition) is 7. The van der Waals surface area contributed by atoms with Crippen LogP contribution in [0, 0.1) is 0 Å². The van der Waals surface area contributed by atoms with Crippen LogP contribution in [-0.4, -0.2) is 78.6 Å². The normalized spacial score (nSPS) is 10.4. The molecule has 0 fully saturated rings. The number of rotatable bonds is 18. The largest absolute Gasteiger partial charge is 0.460 e. The molecule has 0 aliphatic rings. The Balaban J connectivity index is 3.01. The van der Waals surface area contributed by atoms with Crippen molar-refractivity contribution in [3.05, 3.63) is 25.3 Å². The minimum absolute atomic E-state index is 0.215. The summed E-state index contributed by atoms with van der Waals surface area (Å²) < 4.78 is 31.1. The van der Waals surface area contributed by atoms with E-state index in [2.05, 4.69) is 13.2 Å². The molecule has 0 bridgehead atoms. The van der Waals surface area contributed by atoms with Crippen molar-refractivity contribution in [1.82, 2.24) is 0 Å². The molecular formula is C16H28O7. The molecule has 0 atom stereocenters. The number of carbonyl (C=O) groups is 1. The third-order valence-electron chi connectivity index (χ3n) is 2.36. The maximum absolute atomic E-state index is 10.7. The van der Waals surface area contributed by atoms with Crippen molar-refractivity contribution < 1.29 is 33.2 Å². The van der Waals surface area contributed by atoms with Crippen molar-refractivity contribution in [2.45, 2.75) is 0 Å². The van der Waals surface area contributed by atoms with Gasteiger partial charge in [0, 0.05) is 6.08 Å². The van der Waals surface area contributed by atoms with Gasteiger partial charge in [-0.2, -0.15) is 0 Å². The summed E-state index contributed by atoms with van der Waals surface area (Å²) in [6, 6.07) is 0. The monoisotopic (exact) mass is 332 g/mol. The van der Waals surface area contributed by atoms with Gasteiger partial charge in [-0.25, -0.2) is 4.79 Å². The topological polar surface area (TPSA) is 72.5 Å². The van der Waals surface area contributed by atoms with Gasteiger partial charge in [0.2, 0.25) is 0 Å². The SMILES string of the molecule is C=CCOCCOCCOCCOCCOCCOC(=O)C=C. The van der Waals surface area contributed by atoms with Gasteiger partial charge in [-0.1, -0.05) is 12.7 Å². The second-order valence-corrected chi connectivity index (χ2v) is 4.18. The van der Waals surface area contributed by atoms with Crippen LogP contribution in [0.1, 0.15) is 0 Å². The Bertz CT molecular complexity index is 294. The van der Waals surface area contributed by atoms with E-state index in [0.717, 1.165) is 6.08 Å². The maximum atomic E-state index is 10.7. The number of hydrogen-bond donors (Lipinski definition) is 0. The summed E-state index contributed by atoms with van der Waals surface area (Å²) >= 11 is 0. The second kappa shape index (κ2) is 18.8. The van der Waals surface area contributed by atoms with Gasteiger partial charge in [-0.3, -0.25) is 0 Å². The highest BCUT2D eigenvalue weighted by Crippen LogP contribution is 1.85. The first-order chi connectivity index (χ1) is 11.3. The molecule has 134 valence electrons. The van der Waals surface area contributed by atoms with Gasteiger partial charge in [0.15, 0.2) is 0 Å². The van der Waals surface area contributed by atoms with E-state index in [9.17, 15) is 4.79 Å². The molecule has 0 aliphatic carbocycles. The average molecular weight is 332 g/mol. The van der Waals surface area contributed by atoms with E-state index in [0.29, 0.717) is 66.1 Å². The van der Waals surface area contributed by atoms with Crippen molar-refractivity contribution in [1.29, 1.82) is 0 Å². The van der Waals surface area contributed by atoms with Gasteiger partial charge >= 0.3 is 5.97 Å². The van der Waals surface area contributed by atoms with Crippen LogP contribution < -0.4 is 0 Å². The zero-order chi connectivity index (χ0) is 17.0. The van der Waals surface area contributed by atoms with Crippen LogP contribution >= 0.6 is 0 Å². The lowest BCUT2D eigenvalue weighted by molar-refractivity contribution is -0.139. The fraction of sp³-hybridized carbons (Fsp3) is 0.688. The highest BCUT2D eigenvalue weighted by Gasteiger charge is 1.95. The Labute approximate surface area is 138 Å². The van der Waals surface area contributed by atoms with Gasteiger partial charge in [0.1, 0.15) is 6.61 Å². The molecule has 0 N–H and O–H groups in total. The van der Waals surface area contributed by atoms with Crippen LogP contribution in [0.2, 0.25) is 0 Å². The van der Waals surface area contributed by atoms with Crippen LogP contribution in [0.15, 0.2) is 25.3 Å². The van der Waals surface area contributed by atoms with Crippen LogP contribution in [0.4, 0.5) is 0 Å². The third-order valence-corrected chi connectivity index (χ3v) is 2.36. The fourth-order valence-corrected chi connectivity index (χ4v) is 1.31. The molecule has 7 heteroatoms. The Morgan fingerprint density at radius 2 is 1.04 bits per heavy atom. The van der Waals surface area contributed by atoms with Gasteiger partial charge in [-0.05, 0) is 0 Å². The summed E-state index contributed by atoms with van der Waals surface area (Å²) in [4.78, 5) is 10.7. The first-order valence-corrected chi connectivity index (χ1v) is 7.60. The zero-order valence-corrected chi connectivity index (χ0v) is 13.7. The lowest BCUT2D eigenvalue weighted by Crippen LogP contribution is -2.14. The smallest absolute Gasteiger partial charge is 0.330 e. The summed E-state index contributed by atoms with van der Waals surface area (Å²) in [5.41, 5.74) is 0. The maximum Gasteiger partial charge on any atom is 0.330 e. The Kier molecular flexibility index (Phi) is 17.8. The van der Waals surface area contributed by atoms with Crippen molar-refractivity contribution in [2.75, 3.05) is 72.7 Å². The first kappa shape index (κ1) is 21.8. The summed E-state index contributed by atoms with van der Waals surface area (Å²) in [6.45, 7) is 12.0. The summed E-state index contributed by atoms with van der Waals surface area (Å²) in [6.07, 6.45) is 2.82. The minimum atomic E-state index is -0.449. The number of ether oxygens (including phenoxy) is 6. The predicted octanol–water partition coefficient (Wildman–Crippen LogP) is 0.985. The Morgan fingerprint density at radius 3 is 1.43 bits per heavy atom. The second-order valence-electron chi connectivity index (χ2n) is 4.18. The molecule has 0 saturated carbocycles. The molecule has 0 radical (unpaired) electrons. The quantitative estimate of drug-likeness (QED) is 0.160. The third kappa shape index (κ3) is 18.7. The summed E-state index contributed by atoms with van der Waals surface area (Å²) in [5, 5.41) is 0. The standard InChI is InChI=1S/C16H28O7/c1-3-5-18-6-7-19-8-9-20-10-11-21-12-13-22-14-15-23-16(17)4-2/h3-4H,1-2,5-15H2. The van der Waals surface area contributed by atoms with E-state index >= 15 is 0 Å². The average Bonchev–Trinajstić information content (AvgIpc) is 2.57. The Hall–Kier alpha value is -1.25. The molecule has 0 amide bonds. The summed E-state index contributed by atoms with van der Waals surface area (Å²) in [5.74, 6) is -0.449. The number of carbonyl (C=O) groups excluding carboxylic acids is 1. The molecule has 23 heavy (non-hydrogen) atoms. The van der Waals surface area contributed by atoms with Crippen LogP contribution in [0.25, 0.3) is 0 Å². The van der Waals surface area contributed by atoms with E-state index in [1.165, 1.54) is 0 Å². The molecule has 0 rings (SSSR count). The van der Waals surface area contributed by atoms with Crippen LogP contribution in [0.3, 0.4) is 0 Å². The van der Waals surface area contributed by atoms with Crippen LogP contribution in [-0.2, 0) is 33.2 Å². The van der Waals surface area contributed by atoms with E-state index in [4.69, 9.17) is 28.4 Å². The number of esters is 1. The van der Waals surface area contributed by atoms with E-state index in [1.54, 1.807) is 6.08 Å². The van der Waals surface area contributed by atoms with E-state index < -0.39 is 5.97 Å². The Morgan fingerprint density at radius 1 is 0.652 bits per heavy atom. The molecule has 0 heterocycles. The zero-order valence-electron chi connectivity index (χ0n) is 13.7. The lowest BCUT2D eigenvalue weighted by Gasteiger charge is -2.07. The molecule has 0 saturated heterocycles. The van der Waals surface area contributed by atoms with Gasteiger partial charge in [-0.15, -0.1) is 6.58 Å². The first-order valence-electron chi connectivity index (χ1n) is 7.60. The summed E-state index contributed by atoms with van der Waals surface area (Å²) in [7, 11) is 0. The molecular weight excluding hydrogens is 304 g/mol. The highest BCUT2D eigenvalue weighted by atomic mass is 16.6. The van der Waals surface area contributed by atoms with Gasteiger partial charge < -0.3 is 28.4 Å². The van der Waals surface area contributed by atoms with Gasteiger partial charge in [0.05, 0.1) is 66.1 Å². The molecule has 0 aromatic carbocycles. The molecule has 7 nitrogen and oxygen atoms in total. The van der Waals surface area contributed by atoms with Crippen molar-refractivity contribution >= 4 is 5.97 Å². The fourth-order valence-electron chi connectivity index (χ4n) is 1.31. The van der Waals surface area contributed by atoms with Crippen molar-refractivity contribution in [3.8, 4) is 0 Å². The molecule has 0 unspecified atom stereocenters. The lowest BCUT2D eigenvalue weighted by atomic mass is 10.6. The predicted molar refractivity (Wildman–Crippen MR) is 85.4 cm³/mol. The van der Waals surface area contributed by atoms with E-state index in [-0.39, 0.29) is 6.61 Å². The van der Waals surface area contributed by atoms with Crippen molar-refractivity contribution in [2.24, 2.45) is 0 Å².